The molecule has 0 radical (unpaired) electrons. The van der Waals surface area contributed by atoms with Crippen molar-refractivity contribution in [1.29, 1.82) is 0 Å². The Balaban J connectivity index is 1.25. The number of fused-ring (bicyclic) bond motifs is 1. The summed E-state index contributed by atoms with van der Waals surface area (Å²) in [5.74, 6) is 0. The smallest absolute Gasteiger partial charge is 0.169 e. The van der Waals surface area contributed by atoms with Crippen molar-refractivity contribution in [2.45, 2.75) is 12.8 Å². The second kappa shape index (κ2) is 8.87. The SMILES string of the molecule is S=C(NCCCN1CCOCC1)N1CC=C(c2c[nH]c3ccccc23)CC1. The number of hydrogen-bond acceptors (Lipinski definition) is 3. The zero-order valence-electron chi connectivity index (χ0n) is 15.7. The number of benzene rings is 1. The summed E-state index contributed by atoms with van der Waals surface area (Å²) >= 11 is 5.61. The summed E-state index contributed by atoms with van der Waals surface area (Å²) in [4.78, 5) is 8.11. The van der Waals surface area contributed by atoms with E-state index in [0.29, 0.717) is 0 Å². The zero-order chi connectivity index (χ0) is 18.5. The number of H-pyrrole nitrogens is 1. The van der Waals surface area contributed by atoms with Gasteiger partial charge in [0.25, 0.3) is 0 Å². The molecule has 5 nitrogen and oxygen atoms in total. The highest BCUT2D eigenvalue weighted by Crippen LogP contribution is 2.29. The van der Waals surface area contributed by atoms with Crippen LogP contribution in [0.3, 0.4) is 0 Å². The first-order valence-electron chi connectivity index (χ1n) is 9.89. The van der Waals surface area contributed by atoms with Crippen LogP contribution in [0.1, 0.15) is 18.4 Å². The molecule has 3 heterocycles. The quantitative estimate of drug-likeness (QED) is 0.613. The number of aromatic nitrogens is 1. The number of aromatic amines is 1. The molecule has 27 heavy (non-hydrogen) atoms. The molecule has 2 aromatic rings. The third kappa shape index (κ3) is 4.51. The van der Waals surface area contributed by atoms with Crippen molar-refractivity contribution >= 4 is 33.8 Å². The fourth-order valence-corrected chi connectivity index (χ4v) is 4.14. The van der Waals surface area contributed by atoms with E-state index >= 15 is 0 Å². The van der Waals surface area contributed by atoms with Gasteiger partial charge in [-0.1, -0.05) is 24.3 Å². The van der Waals surface area contributed by atoms with Crippen molar-refractivity contribution < 1.29 is 4.74 Å². The van der Waals surface area contributed by atoms with Crippen LogP contribution in [-0.2, 0) is 4.74 Å². The van der Waals surface area contributed by atoms with Gasteiger partial charge >= 0.3 is 0 Å². The second-order valence-electron chi connectivity index (χ2n) is 7.21. The number of rotatable bonds is 5. The van der Waals surface area contributed by atoms with E-state index in [1.807, 2.05) is 0 Å². The Kier molecular flexibility index (Phi) is 6.07. The molecular formula is C21H28N4OS. The van der Waals surface area contributed by atoms with Crippen LogP contribution in [0.5, 0.6) is 0 Å². The average molecular weight is 385 g/mol. The normalized spacial score (nSPS) is 18.5. The summed E-state index contributed by atoms with van der Waals surface area (Å²) in [7, 11) is 0. The number of nitrogens with one attached hydrogen (secondary N) is 2. The molecule has 1 saturated heterocycles. The Bertz CT molecular complexity index is 809. The molecular weight excluding hydrogens is 356 g/mol. The number of nitrogens with zero attached hydrogens (tertiary/aromatic N) is 2. The highest BCUT2D eigenvalue weighted by atomic mass is 32.1. The molecule has 1 aromatic heterocycles. The molecule has 1 aromatic carbocycles. The fourth-order valence-electron chi connectivity index (χ4n) is 3.87. The standard InChI is InChI=1S/C21H28N4OS/c27-21(22-8-3-9-24-12-14-26-15-13-24)25-10-6-17(7-11-25)19-16-23-20-5-2-1-4-18(19)20/h1-2,4-6,16,23H,3,7-15H2,(H,22,27). The van der Waals surface area contributed by atoms with Crippen molar-refractivity contribution in [3.8, 4) is 0 Å². The number of thiocarbonyl (C=S) groups is 1. The Morgan fingerprint density at radius 2 is 2.04 bits per heavy atom. The van der Waals surface area contributed by atoms with Gasteiger partial charge in [-0.15, -0.1) is 0 Å². The molecule has 0 spiro atoms. The van der Waals surface area contributed by atoms with Crippen LogP contribution in [0.25, 0.3) is 16.5 Å². The summed E-state index contributed by atoms with van der Waals surface area (Å²) in [5.41, 5.74) is 3.95. The monoisotopic (exact) mass is 384 g/mol. The van der Waals surface area contributed by atoms with Crippen LogP contribution >= 0.6 is 12.2 Å². The zero-order valence-corrected chi connectivity index (χ0v) is 16.6. The lowest BCUT2D eigenvalue weighted by Crippen LogP contribution is -2.43. The van der Waals surface area contributed by atoms with E-state index in [-0.39, 0.29) is 0 Å². The Morgan fingerprint density at radius 3 is 2.85 bits per heavy atom. The van der Waals surface area contributed by atoms with Crippen molar-refractivity contribution in [3.63, 3.8) is 0 Å². The summed E-state index contributed by atoms with van der Waals surface area (Å²) in [5, 5.41) is 5.62. The van der Waals surface area contributed by atoms with Gasteiger partial charge in [0.1, 0.15) is 0 Å². The number of ether oxygens (including phenoxy) is 1. The van der Waals surface area contributed by atoms with Crippen molar-refractivity contribution in [3.05, 3.63) is 42.1 Å². The Hall–Kier alpha value is -1.89. The van der Waals surface area contributed by atoms with E-state index in [2.05, 4.69) is 56.6 Å². The van der Waals surface area contributed by atoms with Gasteiger partial charge in [0.15, 0.2) is 5.11 Å². The van der Waals surface area contributed by atoms with Crippen molar-refractivity contribution in [2.24, 2.45) is 0 Å². The van der Waals surface area contributed by atoms with Crippen molar-refractivity contribution in [2.75, 3.05) is 52.5 Å². The summed E-state index contributed by atoms with van der Waals surface area (Å²) < 4.78 is 5.39. The predicted octanol–water partition coefficient (Wildman–Crippen LogP) is 2.85. The van der Waals surface area contributed by atoms with Crippen LogP contribution in [-0.4, -0.2) is 72.4 Å². The molecule has 0 amide bonds. The van der Waals surface area contributed by atoms with Crippen molar-refractivity contribution in [1.82, 2.24) is 20.1 Å². The predicted molar refractivity (Wildman–Crippen MR) is 115 cm³/mol. The van der Waals surface area contributed by atoms with E-state index in [1.54, 1.807) is 0 Å². The third-order valence-corrected chi connectivity index (χ3v) is 5.87. The van der Waals surface area contributed by atoms with Crippen LogP contribution in [0, 0.1) is 0 Å². The van der Waals surface area contributed by atoms with Crippen LogP contribution in [0.4, 0.5) is 0 Å². The third-order valence-electron chi connectivity index (χ3n) is 5.46. The van der Waals surface area contributed by atoms with Gasteiger partial charge in [0.05, 0.1) is 13.2 Å². The number of morpholine rings is 1. The van der Waals surface area contributed by atoms with E-state index in [4.69, 9.17) is 17.0 Å². The average Bonchev–Trinajstić information content (AvgIpc) is 3.16. The highest BCUT2D eigenvalue weighted by molar-refractivity contribution is 7.80. The first-order chi connectivity index (χ1) is 13.3. The largest absolute Gasteiger partial charge is 0.379 e. The maximum Gasteiger partial charge on any atom is 0.169 e. The molecule has 2 aliphatic heterocycles. The molecule has 0 saturated carbocycles. The lowest BCUT2D eigenvalue weighted by atomic mass is 9.99. The minimum absolute atomic E-state index is 0.866. The van der Waals surface area contributed by atoms with Crippen LogP contribution < -0.4 is 5.32 Å². The van der Waals surface area contributed by atoms with E-state index in [0.717, 1.165) is 70.4 Å². The van der Waals surface area contributed by atoms with E-state index < -0.39 is 0 Å². The molecule has 1 fully saturated rings. The first-order valence-corrected chi connectivity index (χ1v) is 10.3. The molecule has 0 atom stereocenters. The van der Waals surface area contributed by atoms with Gasteiger partial charge in [-0.3, -0.25) is 4.90 Å². The minimum Gasteiger partial charge on any atom is -0.379 e. The second-order valence-corrected chi connectivity index (χ2v) is 7.60. The Labute approximate surface area is 166 Å². The number of para-hydroxylation sites is 1. The maximum absolute atomic E-state index is 5.61. The van der Waals surface area contributed by atoms with Gasteiger partial charge in [-0.25, -0.2) is 0 Å². The molecule has 0 unspecified atom stereocenters. The topological polar surface area (TPSA) is 43.5 Å². The molecule has 2 aliphatic rings. The summed E-state index contributed by atoms with van der Waals surface area (Å²) in [6, 6.07) is 8.49. The molecule has 4 rings (SSSR count). The summed E-state index contributed by atoms with van der Waals surface area (Å²) in [6.45, 7) is 7.74. The maximum atomic E-state index is 5.61. The number of hydrogen-bond donors (Lipinski definition) is 2. The molecule has 0 bridgehead atoms. The van der Waals surface area contributed by atoms with Crippen LogP contribution in [0.15, 0.2) is 36.5 Å². The molecule has 144 valence electrons. The fraction of sp³-hybridized carbons (Fsp3) is 0.476. The van der Waals surface area contributed by atoms with Gasteiger partial charge in [-0.05, 0) is 43.2 Å². The highest BCUT2D eigenvalue weighted by Gasteiger charge is 2.17. The molecule has 2 N–H and O–H groups in total. The van der Waals surface area contributed by atoms with Gasteiger partial charge < -0.3 is 19.9 Å². The lowest BCUT2D eigenvalue weighted by molar-refractivity contribution is 0.0376. The van der Waals surface area contributed by atoms with Crippen LogP contribution in [0.2, 0.25) is 0 Å². The van der Waals surface area contributed by atoms with E-state index in [1.165, 1.54) is 22.0 Å². The van der Waals surface area contributed by atoms with E-state index in [9.17, 15) is 0 Å². The Morgan fingerprint density at radius 1 is 1.19 bits per heavy atom. The molecule has 6 heteroatoms. The summed E-state index contributed by atoms with van der Waals surface area (Å²) in [6.07, 6.45) is 6.59. The first kappa shape index (κ1) is 18.5. The minimum atomic E-state index is 0.866. The van der Waals surface area contributed by atoms with Gasteiger partial charge in [-0.2, -0.15) is 0 Å². The van der Waals surface area contributed by atoms with Gasteiger partial charge in [0.2, 0.25) is 0 Å². The molecule has 0 aliphatic carbocycles. The lowest BCUT2D eigenvalue weighted by Gasteiger charge is -2.30. The van der Waals surface area contributed by atoms with Gasteiger partial charge in [0, 0.05) is 55.4 Å².